The highest BCUT2D eigenvalue weighted by Crippen LogP contribution is 2.28. The summed E-state index contributed by atoms with van der Waals surface area (Å²) in [6, 6.07) is 0. The van der Waals surface area contributed by atoms with Crippen molar-refractivity contribution in [2.24, 2.45) is 0 Å². The molecule has 3 rings (SSSR count). The number of hydrogen-bond donors (Lipinski definition) is 1. The molecule has 3 heterocycles. The molecule has 0 spiro atoms. The molecular formula is C12H16ClIN5OP. The molecule has 114 valence electrons. The van der Waals surface area contributed by atoms with Crippen molar-refractivity contribution in [2.45, 2.75) is 26.8 Å². The fourth-order valence-corrected chi connectivity index (χ4v) is 3.76. The van der Waals surface area contributed by atoms with Gasteiger partial charge in [0, 0.05) is 13.0 Å². The average Bonchev–Trinajstić information content (AvgIpc) is 2.99. The topological polar surface area (TPSA) is 66.8 Å². The summed E-state index contributed by atoms with van der Waals surface area (Å²) >= 11 is 8.28. The van der Waals surface area contributed by atoms with Crippen molar-refractivity contribution in [1.82, 2.24) is 19.5 Å². The van der Waals surface area contributed by atoms with Crippen molar-refractivity contribution in [3.63, 3.8) is 0 Å². The molecule has 6 nitrogen and oxygen atoms in total. The van der Waals surface area contributed by atoms with Gasteiger partial charge in [0.1, 0.15) is 5.02 Å². The third kappa shape index (κ3) is 3.40. The van der Waals surface area contributed by atoms with E-state index in [-0.39, 0.29) is 17.0 Å². The zero-order chi connectivity index (χ0) is 15.4. The molecule has 0 amide bonds. The molecule has 0 radical (unpaired) electrons. The van der Waals surface area contributed by atoms with Gasteiger partial charge in [0.05, 0.1) is 42.5 Å². The van der Waals surface area contributed by atoms with Gasteiger partial charge < -0.3 is 9.88 Å². The van der Waals surface area contributed by atoms with Gasteiger partial charge in [-0.05, 0) is 22.0 Å². The number of imidazole rings is 1. The molecule has 0 saturated heterocycles. The largest absolute Gasteiger partial charge is 0.363 e. The van der Waals surface area contributed by atoms with Crippen LogP contribution in [0.5, 0.6) is 0 Å². The first-order valence-corrected chi connectivity index (χ1v) is 11.0. The maximum atomic E-state index is 12.0. The van der Waals surface area contributed by atoms with Crippen LogP contribution in [0.1, 0.15) is 25.2 Å². The molecule has 0 fully saturated rings. The smallest absolute Gasteiger partial charge is 0.291 e. The fourth-order valence-electron chi connectivity index (χ4n) is 2.12. The molecule has 0 aromatic carbocycles. The Balaban J connectivity index is 0.000000774. The van der Waals surface area contributed by atoms with Crippen LogP contribution in [0, 0.1) is 0 Å². The van der Waals surface area contributed by atoms with Gasteiger partial charge in [-0.25, -0.2) is 9.44 Å². The van der Waals surface area contributed by atoms with E-state index < -0.39 is 0 Å². The SMILES string of the molecule is CC.O=c1c(Cl)c(N2CCc3nc[nH]c3C2)cnn1PI. The van der Waals surface area contributed by atoms with Gasteiger partial charge in [0.25, 0.3) is 5.56 Å². The summed E-state index contributed by atoms with van der Waals surface area (Å²) in [6.07, 6.45) is 4.45. The van der Waals surface area contributed by atoms with Crippen LogP contribution >= 0.6 is 40.0 Å². The van der Waals surface area contributed by atoms with Crippen LogP contribution in [-0.4, -0.2) is 26.1 Å². The van der Waals surface area contributed by atoms with Crippen LogP contribution in [-0.2, 0) is 13.0 Å². The Morgan fingerprint density at radius 3 is 2.95 bits per heavy atom. The van der Waals surface area contributed by atoms with Crippen LogP contribution in [0.3, 0.4) is 0 Å². The number of nitrogens with one attached hydrogen (secondary N) is 1. The van der Waals surface area contributed by atoms with Gasteiger partial charge in [-0.15, -0.1) is 0 Å². The normalized spacial score (nSPS) is 14.0. The summed E-state index contributed by atoms with van der Waals surface area (Å²) in [5, 5.41) is 4.37. The second kappa shape index (κ2) is 7.56. The molecule has 1 N–H and O–H groups in total. The second-order valence-corrected chi connectivity index (χ2v) is 6.56. The van der Waals surface area contributed by atoms with E-state index in [1.807, 2.05) is 13.8 Å². The third-order valence-electron chi connectivity index (χ3n) is 3.10. The van der Waals surface area contributed by atoms with Gasteiger partial charge in [0.15, 0.2) is 0 Å². The average molecular weight is 440 g/mol. The van der Waals surface area contributed by atoms with Crippen LogP contribution in [0.15, 0.2) is 17.3 Å². The van der Waals surface area contributed by atoms with E-state index >= 15 is 0 Å². The number of H-pyrrole nitrogens is 1. The lowest BCUT2D eigenvalue weighted by molar-refractivity contribution is 0.705. The van der Waals surface area contributed by atoms with Crippen molar-refractivity contribution >= 4 is 45.7 Å². The number of fused-ring (bicyclic) bond motifs is 1. The number of nitrogens with zero attached hydrogens (tertiary/aromatic N) is 4. The van der Waals surface area contributed by atoms with Crippen molar-refractivity contribution in [3.05, 3.63) is 39.3 Å². The van der Waals surface area contributed by atoms with E-state index in [9.17, 15) is 4.79 Å². The zero-order valence-corrected chi connectivity index (χ0v) is 15.6. The van der Waals surface area contributed by atoms with E-state index in [1.165, 1.54) is 4.45 Å². The molecular weight excluding hydrogens is 423 g/mol. The van der Waals surface area contributed by atoms with Crippen molar-refractivity contribution in [2.75, 3.05) is 11.4 Å². The molecule has 1 atom stereocenters. The van der Waals surface area contributed by atoms with Crippen LogP contribution in [0.25, 0.3) is 0 Å². The molecule has 1 aliphatic heterocycles. The lowest BCUT2D eigenvalue weighted by atomic mass is 10.1. The second-order valence-electron chi connectivity index (χ2n) is 4.14. The summed E-state index contributed by atoms with van der Waals surface area (Å²) in [7, 11) is 0. The summed E-state index contributed by atoms with van der Waals surface area (Å²) in [5.74, 6) is 0. The first-order chi connectivity index (χ1) is 10.2. The predicted molar refractivity (Wildman–Crippen MR) is 95.9 cm³/mol. The van der Waals surface area contributed by atoms with Crippen LogP contribution < -0.4 is 10.5 Å². The number of rotatable bonds is 2. The van der Waals surface area contributed by atoms with E-state index in [0.717, 1.165) is 24.4 Å². The zero-order valence-electron chi connectivity index (χ0n) is 11.7. The fraction of sp³-hybridized carbons (Fsp3) is 0.417. The minimum absolute atomic E-state index is 0.234. The van der Waals surface area contributed by atoms with Crippen LogP contribution in [0.4, 0.5) is 5.69 Å². The monoisotopic (exact) mass is 439 g/mol. The number of halogens is 2. The van der Waals surface area contributed by atoms with E-state index in [0.29, 0.717) is 12.2 Å². The Labute approximate surface area is 142 Å². The van der Waals surface area contributed by atoms with Crippen molar-refractivity contribution in [3.8, 4) is 0 Å². The van der Waals surface area contributed by atoms with Gasteiger partial charge in [-0.3, -0.25) is 4.79 Å². The highest BCUT2D eigenvalue weighted by Gasteiger charge is 2.22. The molecule has 1 unspecified atom stereocenters. The Kier molecular flexibility index (Phi) is 6.01. The summed E-state index contributed by atoms with van der Waals surface area (Å²) in [6.45, 7) is 5.46. The minimum Gasteiger partial charge on any atom is -0.363 e. The number of aromatic nitrogens is 4. The Morgan fingerprint density at radius 1 is 1.48 bits per heavy atom. The third-order valence-corrected chi connectivity index (χ3v) is 5.30. The molecule has 2 aromatic rings. The molecule has 2 aromatic heterocycles. The number of anilines is 1. The molecule has 0 bridgehead atoms. The number of hydrogen-bond acceptors (Lipinski definition) is 4. The maximum Gasteiger partial charge on any atom is 0.291 e. The Hall–Kier alpha value is -0.660. The van der Waals surface area contributed by atoms with E-state index in [2.05, 4.69) is 42.0 Å². The lowest BCUT2D eigenvalue weighted by Crippen LogP contribution is -2.32. The molecule has 0 saturated carbocycles. The quantitative estimate of drug-likeness (QED) is 0.577. The highest BCUT2D eigenvalue weighted by atomic mass is 127. The minimum atomic E-state index is -0.234. The van der Waals surface area contributed by atoms with Gasteiger partial charge >= 0.3 is 0 Å². The van der Waals surface area contributed by atoms with Crippen molar-refractivity contribution in [1.29, 1.82) is 0 Å². The van der Waals surface area contributed by atoms with E-state index in [1.54, 1.807) is 12.5 Å². The Bertz CT molecular complexity index is 674. The maximum absolute atomic E-state index is 12.0. The molecule has 9 heteroatoms. The van der Waals surface area contributed by atoms with Gasteiger partial charge in [-0.1, -0.05) is 25.4 Å². The van der Waals surface area contributed by atoms with Gasteiger partial charge in [-0.2, -0.15) is 5.10 Å². The predicted octanol–water partition coefficient (Wildman–Crippen LogP) is 3.00. The first-order valence-electron chi connectivity index (χ1n) is 6.61. The van der Waals surface area contributed by atoms with Crippen LogP contribution in [0.2, 0.25) is 5.02 Å². The molecule has 0 aliphatic carbocycles. The lowest BCUT2D eigenvalue weighted by Gasteiger charge is -2.28. The first kappa shape index (κ1) is 16.7. The molecule has 21 heavy (non-hydrogen) atoms. The number of aromatic amines is 1. The highest BCUT2D eigenvalue weighted by molar-refractivity contribution is 14.2. The van der Waals surface area contributed by atoms with Gasteiger partial charge in [0.2, 0.25) is 0 Å². The summed E-state index contributed by atoms with van der Waals surface area (Å²) < 4.78 is 1.37. The summed E-state index contributed by atoms with van der Waals surface area (Å²) in [5.41, 5.74) is 2.62. The molecule has 1 aliphatic rings. The standard InChI is InChI=1S/C10H10ClIN5OP.C2H6/c11-9-8(3-15-17(19-12)10(9)18)16-2-1-6-7(4-16)14-5-13-6;1-2/h3,5,19H,1-2,4H2,(H,13,14);1-2H3. The van der Waals surface area contributed by atoms with Crippen molar-refractivity contribution < 1.29 is 0 Å². The Morgan fingerprint density at radius 2 is 2.24 bits per heavy atom. The van der Waals surface area contributed by atoms with E-state index in [4.69, 9.17) is 11.6 Å². The summed E-state index contributed by atoms with van der Waals surface area (Å²) in [4.78, 5) is 21.4.